The van der Waals surface area contributed by atoms with E-state index in [1.54, 1.807) is 36.4 Å². The van der Waals surface area contributed by atoms with Crippen molar-refractivity contribution in [3.05, 3.63) is 59.7 Å². The van der Waals surface area contributed by atoms with Crippen molar-refractivity contribution in [3.63, 3.8) is 0 Å². The molecule has 0 aliphatic carbocycles. The Morgan fingerprint density at radius 3 is 1.53 bits per heavy atom. The molecule has 84 valence electrons. The van der Waals surface area contributed by atoms with Gasteiger partial charge in [0.25, 0.3) is 0 Å². The molecule has 0 saturated carbocycles. The standard InChI is InChI=1S/C14H11NO2/c16-9-11-5-1-3-7-13(11)15-14-8-4-2-6-12(14)10-17/h1-10,15H. The van der Waals surface area contributed by atoms with Crippen LogP contribution in [0.2, 0.25) is 0 Å². The highest BCUT2D eigenvalue weighted by atomic mass is 16.1. The normalized spacial score (nSPS) is 9.65. The lowest BCUT2D eigenvalue weighted by molar-refractivity contribution is 0.111. The van der Waals surface area contributed by atoms with Gasteiger partial charge in [0.05, 0.1) is 0 Å². The molecule has 0 amide bonds. The third kappa shape index (κ3) is 2.39. The molecule has 0 aliphatic rings. The molecule has 2 aromatic carbocycles. The summed E-state index contributed by atoms with van der Waals surface area (Å²) in [7, 11) is 0. The van der Waals surface area contributed by atoms with Crippen LogP contribution in [0, 0.1) is 0 Å². The zero-order valence-corrected chi connectivity index (χ0v) is 9.09. The molecule has 3 heteroatoms. The minimum Gasteiger partial charge on any atom is -0.354 e. The van der Waals surface area contributed by atoms with E-state index in [0.717, 1.165) is 12.6 Å². The second-order valence-corrected chi connectivity index (χ2v) is 3.54. The Hall–Kier alpha value is -2.42. The Kier molecular flexibility index (Phi) is 3.31. The highest BCUT2D eigenvalue weighted by molar-refractivity contribution is 5.90. The number of carbonyl (C=O) groups excluding carboxylic acids is 2. The summed E-state index contributed by atoms with van der Waals surface area (Å²) in [5, 5.41) is 3.08. The van der Waals surface area contributed by atoms with E-state index in [1.165, 1.54) is 0 Å². The van der Waals surface area contributed by atoms with E-state index >= 15 is 0 Å². The van der Waals surface area contributed by atoms with Crippen molar-refractivity contribution in [1.82, 2.24) is 0 Å². The lowest BCUT2D eigenvalue weighted by Gasteiger charge is -2.10. The molecule has 0 heterocycles. The van der Waals surface area contributed by atoms with Crippen molar-refractivity contribution < 1.29 is 9.59 Å². The zero-order chi connectivity index (χ0) is 12.1. The monoisotopic (exact) mass is 225 g/mol. The van der Waals surface area contributed by atoms with E-state index in [4.69, 9.17) is 0 Å². The van der Waals surface area contributed by atoms with Gasteiger partial charge in [-0.15, -0.1) is 0 Å². The molecular weight excluding hydrogens is 214 g/mol. The van der Waals surface area contributed by atoms with Crippen molar-refractivity contribution in [2.45, 2.75) is 0 Å². The second kappa shape index (κ2) is 5.07. The fourth-order valence-electron chi connectivity index (χ4n) is 1.57. The number of nitrogens with one attached hydrogen (secondary N) is 1. The number of rotatable bonds is 4. The van der Waals surface area contributed by atoms with Crippen molar-refractivity contribution in [3.8, 4) is 0 Å². The number of aldehydes is 2. The summed E-state index contributed by atoms with van der Waals surface area (Å²) in [6.45, 7) is 0. The van der Waals surface area contributed by atoms with E-state index in [2.05, 4.69) is 5.32 Å². The van der Waals surface area contributed by atoms with Crippen molar-refractivity contribution in [2.75, 3.05) is 5.32 Å². The van der Waals surface area contributed by atoms with Gasteiger partial charge >= 0.3 is 0 Å². The summed E-state index contributed by atoms with van der Waals surface area (Å²) < 4.78 is 0. The Labute approximate surface area is 99.1 Å². The fourth-order valence-corrected chi connectivity index (χ4v) is 1.57. The van der Waals surface area contributed by atoms with Gasteiger partial charge < -0.3 is 5.32 Å². The van der Waals surface area contributed by atoms with Gasteiger partial charge in [0.15, 0.2) is 12.6 Å². The van der Waals surface area contributed by atoms with Crippen LogP contribution in [-0.4, -0.2) is 12.6 Å². The highest BCUT2D eigenvalue weighted by Crippen LogP contribution is 2.21. The summed E-state index contributed by atoms with van der Waals surface area (Å²) in [6, 6.07) is 14.3. The van der Waals surface area contributed by atoms with Crippen LogP contribution in [-0.2, 0) is 0 Å². The molecule has 0 fully saturated rings. The summed E-state index contributed by atoms with van der Waals surface area (Å²) in [4.78, 5) is 21.7. The molecule has 0 atom stereocenters. The minimum absolute atomic E-state index is 0.563. The number of anilines is 2. The maximum absolute atomic E-state index is 10.9. The average Bonchev–Trinajstić information content (AvgIpc) is 2.40. The first-order chi connectivity index (χ1) is 8.35. The first-order valence-corrected chi connectivity index (χ1v) is 5.20. The molecule has 0 saturated heterocycles. The summed E-state index contributed by atoms with van der Waals surface area (Å²) in [5.74, 6) is 0. The van der Waals surface area contributed by atoms with Gasteiger partial charge in [-0.1, -0.05) is 24.3 Å². The molecule has 0 aromatic heterocycles. The first-order valence-electron chi connectivity index (χ1n) is 5.20. The molecule has 0 aliphatic heterocycles. The number of hydrogen-bond acceptors (Lipinski definition) is 3. The lowest BCUT2D eigenvalue weighted by atomic mass is 10.1. The molecule has 0 bridgehead atoms. The number of benzene rings is 2. The quantitative estimate of drug-likeness (QED) is 0.813. The summed E-state index contributed by atoms with van der Waals surface area (Å²) in [6.07, 6.45) is 1.57. The van der Waals surface area contributed by atoms with Crippen LogP contribution in [0.15, 0.2) is 48.5 Å². The molecule has 3 nitrogen and oxygen atoms in total. The predicted molar refractivity (Wildman–Crippen MR) is 66.9 cm³/mol. The van der Waals surface area contributed by atoms with E-state index in [-0.39, 0.29) is 0 Å². The van der Waals surface area contributed by atoms with Gasteiger partial charge in [-0.25, -0.2) is 0 Å². The van der Waals surface area contributed by atoms with E-state index < -0.39 is 0 Å². The summed E-state index contributed by atoms with van der Waals surface area (Å²) in [5.41, 5.74) is 2.51. The van der Waals surface area contributed by atoms with Gasteiger partial charge in [0.2, 0.25) is 0 Å². The minimum atomic E-state index is 0.563. The van der Waals surface area contributed by atoms with Crippen LogP contribution in [0.1, 0.15) is 20.7 Å². The topological polar surface area (TPSA) is 46.2 Å². The van der Waals surface area contributed by atoms with Crippen molar-refractivity contribution in [2.24, 2.45) is 0 Å². The van der Waals surface area contributed by atoms with Crippen LogP contribution < -0.4 is 5.32 Å². The molecule has 2 rings (SSSR count). The first kappa shape index (κ1) is 11.1. The zero-order valence-electron chi connectivity index (χ0n) is 9.09. The van der Waals surface area contributed by atoms with Gasteiger partial charge in [-0.05, 0) is 24.3 Å². The molecular formula is C14H11NO2. The Balaban J connectivity index is 2.37. The third-order valence-corrected chi connectivity index (χ3v) is 2.44. The van der Waals surface area contributed by atoms with Crippen molar-refractivity contribution >= 4 is 23.9 Å². The average molecular weight is 225 g/mol. The maximum Gasteiger partial charge on any atom is 0.152 e. The van der Waals surface area contributed by atoms with E-state index in [1.807, 2.05) is 12.1 Å². The van der Waals surface area contributed by atoms with Crippen LogP contribution in [0.3, 0.4) is 0 Å². The third-order valence-electron chi connectivity index (χ3n) is 2.44. The lowest BCUT2D eigenvalue weighted by Crippen LogP contribution is -1.97. The van der Waals surface area contributed by atoms with Gasteiger partial charge in [-0.3, -0.25) is 9.59 Å². The highest BCUT2D eigenvalue weighted by Gasteiger charge is 2.03. The van der Waals surface area contributed by atoms with E-state index in [0.29, 0.717) is 22.5 Å². The van der Waals surface area contributed by atoms with Crippen molar-refractivity contribution in [1.29, 1.82) is 0 Å². The molecule has 2 aromatic rings. The molecule has 1 N–H and O–H groups in total. The van der Waals surface area contributed by atoms with Crippen LogP contribution in [0.25, 0.3) is 0 Å². The Morgan fingerprint density at radius 2 is 1.12 bits per heavy atom. The van der Waals surface area contributed by atoms with Crippen LogP contribution >= 0.6 is 0 Å². The van der Waals surface area contributed by atoms with Gasteiger partial charge in [0.1, 0.15) is 0 Å². The predicted octanol–water partition coefficient (Wildman–Crippen LogP) is 3.06. The largest absolute Gasteiger partial charge is 0.354 e. The number of para-hydroxylation sites is 2. The molecule has 0 radical (unpaired) electrons. The second-order valence-electron chi connectivity index (χ2n) is 3.54. The number of hydrogen-bond donors (Lipinski definition) is 1. The van der Waals surface area contributed by atoms with Crippen LogP contribution in [0.5, 0.6) is 0 Å². The number of carbonyl (C=O) groups is 2. The fraction of sp³-hybridized carbons (Fsp3) is 0. The van der Waals surface area contributed by atoms with Crippen LogP contribution in [0.4, 0.5) is 11.4 Å². The molecule has 17 heavy (non-hydrogen) atoms. The maximum atomic E-state index is 10.9. The SMILES string of the molecule is O=Cc1ccccc1Nc1ccccc1C=O. The van der Waals surface area contributed by atoms with Gasteiger partial charge in [0, 0.05) is 22.5 Å². The van der Waals surface area contributed by atoms with Gasteiger partial charge in [-0.2, -0.15) is 0 Å². The molecule has 0 spiro atoms. The Bertz CT molecular complexity index is 500. The smallest absolute Gasteiger partial charge is 0.152 e. The summed E-state index contributed by atoms with van der Waals surface area (Å²) >= 11 is 0. The van der Waals surface area contributed by atoms with E-state index in [9.17, 15) is 9.59 Å². The molecule has 0 unspecified atom stereocenters. The Morgan fingerprint density at radius 1 is 0.706 bits per heavy atom.